The van der Waals surface area contributed by atoms with Crippen LogP contribution in [-0.4, -0.2) is 46.5 Å². The highest BCUT2D eigenvalue weighted by Gasteiger charge is 2.40. The zero-order valence-corrected chi connectivity index (χ0v) is 17.1. The molecule has 1 atom stereocenters. The molecule has 2 aromatic rings. The number of carbonyl (C=O) groups excluding carboxylic acids is 1. The van der Waals surface area contributed by atoms with Gasteiger partial charge in [0.15, 0.2) is 0 Å². The normalized spacial score (nSPS) is 18.0. The second kappa shape index (κ2) is 9.34. The lowest BCUT2D eigenvalue weighted by atomic mass is 9.77. The molecule has 1 aliphatic heterocycles. The molecule has 1 aromatic heterocycles. The maximum Gasteiger partial charge on any atom is 0.227 e. The van der Waals surface area contributed by atoms with Gasteiger partial charge in [0.1, 0.15) is 5.82 Å². The molecule has 1 saturated heterocycles. The van der Waals surface area contributed by atoms with E-state index in [0.717, 1.165) is 44.8 Å². The number of nitrogens with two attached hydrogens (primary N) is 1. The Bertz CT molecular complexity index is 749. The number of benzene rings is 1. The fourth-order valence-corrected chi connectivity index (χ4v) is 3.96. The van der Waals surface area contributed by atoms with Crippen molar-refractivity contribution in [3.05, 3.63) is 54.1 Å². The highest BCUT2D eigenvalue weighted by molar-refractivity contribution is 5.83. The van der Waals surface area contributed by atoms with Gasteiger partial charge in [0.05, 0.1) is 5.41 Å². The van der Waals surface area contributed by atoms with Crippen LogP contribution < -0.4 is 11.1 Å². The van der Waals surface area contributed by atoms with Crippen LogP contribution in [0, 0.1) is 18.3 Å². The Labute approximate surface area is 168 Å². The molecule has 3 rings (SSSR count). The third-order valence-corrected chi connectivity index (χ3v) is 5.98. The lowest BCUT2D eigenvalue weighted by molar-refractivity contribution is -0.133. The van der Waals surface area contributed by atoms with Crippen LogP contribution in [0.4, 0.5) is 0 Å². The molecule has 1 aliphatic rings. The number of piperidine rings is 1. The van der Waals surface area contributed by atoms with Crippen LogP contribution in [0.3, 0.4) is 0 Å². The minimum Gasteiger partial charge on any atom is -0.355 e. The third kappa shape index (κ3) is 5.00. The third-order valence-electron chi connectivity index (χ3n) is 5.98. The topological polar surface area (TPSA) is 76.2 Å². The summed E-state index contributed by atoms with van der Waals surface area (Å²) in [4.78, 5) is 19.6. The Balaban J connectivity index is 1.48. The Morgan fingerprint density at radius 3 is 2.61 bits per heavy atom. The van der Waals surface area contributed by atoms with E-state index in [4.69, 9.17) is 5.73 Å². The number of amides is 1. The van der Waals surface area contributed by atoms with Crippen molar-refractivity contribution in [2.24, 2.45) is 17.1 Å². The number of hydrogen-bond donors (Lipinski definition) is 2. The van der Waals surface area contributed by atoms with Gasteiger partial charge in [-0.3, -0.25) is 9.69 Å². The summed E-state index contributed by atoms with van der Waals surface area (Å²) in [5, 5.41) is 3.17. The van der Waals surface area contributed by atoms with Crippen molar-refractivity contribution in [2.45, 2.75) is 39.8 Å². The van der Waals surface area contributed by atoms with E-state index in [-0.39, 0.29) is 5.91 Å². The molecule has 1 amide bonds. The summed E-state index contributed by atoms with van der Waals surface area (Å²) < 4.78 is 2.12. The molecule has 0 saturated carbocycles. The Kier molecular flexibility index (Phi) is 6.86. The smallest absolute Gasteiger partial charge is 0.227 e. The molecule has 152 valence electrons. The van der Waals surface area contributed by atoms with Crippen molar-refractivity contribution < 1.29 is 4.79 Å². The molecule has 6 heteroatoms. The van der Waals surface area contributed by atoms with Gasteiger partial charge in [-0.2, -0.15) is 0 Å². The van der Waals surface area contributed by atoms with Crippen molar-refractivity contribution in [1.82, 2.24) is 19.8 Å². The fraction of sp³-hybridized carbons (Fsp3) is 0.545. The van der Waals surface area contributed by atoms with Crippen molar-refractivity contribution in [3.8, 4) is 0 Å². The van der Waals surface area contributed by atoms with Gasteiger partial charge in [-0.25, -0.2) is 4.98 Å². The molecule has 2 heterocycles. The number of imidazole rings is 1. The monoisotopic (exact) mass is 383 g/mol. The van der Waals surface area contributed by atoms with Crippen molar-refractivity contribution in [3.63, 3.8) is 0 Å². The molecule has 3 N–H and O–H groups in total. The van der Waals surface area contributed by atoms with Crippen LogP contribution in [0.25, 0.3) is 0 Å². The molecule has 1 fully saturated rings. The van der Waals surface area contributed by atoms with Gasteiger partial charge in [0.2, 0.25) is 5.91 Å². The highest BCUT2D eigenvalue weighted by atomic mass is 16.2. The van der Waals surface area contributed by atoms with Gasteiger partial charge in [-0.1, -0.05) is 37.3 Å². The molecule has 0 bridgehead atoms. The number of aromatic nitrogens is 2. The number of hydrogen-bond acceptors (Lipinski definition) is 4. The predicted octanol–water partition coefficient (Wildman–Crippen LogP) is 2.18. The average Bonchev–Trinajstić information content (AvgIpc) is 3.12. The average molecular weight is 384 g/mol. The van der Waals surface area contributed by atoms with Crippen molar-refractivity contribution in [2.75, 3.05) is 26.2 Å². The van der Waals surface area contributed by atoms with Gasteiger partial charge in [-0.05, 0) is 44.3 Å². The molecule has 28 heavy (non-hydrogen) atoms. The molecule has 0 radical (unpaired) electrons. The molecule has 1 unspecified atom stereocenters. The summed E-state index contributed by atoms with van der Waals surface area (Å²) >= 11 is 0. The van der Waals surface area contributed by atoms with Crippen molar-refractivity contribution >= 4 is 5.91 Å². The van der Waals surface area contributed by atoms with Crippen LogP contribution in [0.15, 0.2) is 42.7 Å². The number of carbonyl (C=O) groups is 1. The molecular weight excluding hydrogens is 350 g/mol. The fourth-order valence-electron chi connectivity index (χ4n) is 3.96. The van der Waals surface area contributed by atoms with Crippen LogP contribution in [-0.2, 0) is 17.9 Å². The van der Waals surface area contributed by atoms with E-state index in [9.17, 15) is 4.79 Å². The summed E-state index contributed by atoms with van der Waals surface area (Å²) in [5.74, 6) is 1.45. The SMILES string of the molecule is Cc1nccn1CC(C)CNC(=O)C1(CN)CCN(Cc2ccccc2)CC1. The van der Waals surface area contributed by atoms with E-state index in [0.29, 0.717) is 19.0 Å². The first-order chi connectivity index (χ1) is 13.5. The molecule has 0 aliphatic carbocycles. The Hall–Kier alpha value is -2.18. The van der Waals surface area contributed by atoms with Crippen LogP contribution in [0.5, 0.6) is 0 Å². The minimum atomic E-state index is -0.433. The second-order valence-corrected chi connectivity index (χ2v) is 8.19. The number of likely N-dealkylation sites (tertiary alicyclic amines) is 1. The first-order valence-electron chi connectivity index (χ1n) is 10.2. The van der Waals surface area contributed by atoms with Gasteiger partial charge < -0.3 is 15.6 Å². The van der Waals surface area contributed by atoms with E-state index in [1.54, 1.807) is 0 Å². The van der Waals surface area contributed by atoms with Gasteiger partial charge >= 0.3 is 0 Å². The zero-order valence-electron chi connectivity index (χ0n) is 17.1. The summed E-state index contributed by atoms with van der Waals surface area (Å²) in [6.45, 7) is 8.82. The standard InChI is InChI=1S/C22H33N5O/c1-18(15-27-13-10-24-19(27)2)14-25-21(28)22(17-23)8-11-26(12-9-22)16-20-6-4-3-5-7-20/h3-7,10,13,18H,8-9,11-12,14-17,23H2,1-2H3,(H,25,28). The summed E-state index contributed by atoms with van der Waals surface area (Å²) in [7, 11) is 0. The lowest BCUT2D eigenvalue weighted by Gasteiger charge is -2.40. The maximum atomic E-state index is 13.0. The van der Waals surface area contributed by atoms with Gasteiger partial charge in [0.25, 0.3) is 0 Å². The van der Waals surface area contributed by atoms with Crippen LogP contribution in [0.2, 0.25) is 0 Å². The number of rotatable bonds is 8. The summed E-state index contributed by atoms with van der Waals surface area (Å²) in [5.41, 5.74) is 6.96. The van der Waals surface area contributed by atoms with Crippen molar-refractivity contribution in [1.29, 1.82) is 0 Å². The van der Waals surface area contributed by atoms with Crippen LogP contribution in [0.1, 0.15) is 31.2 Å². The zero-order chi connectivity index (χ0) is 20.0. The first kappa shape index (κ1) is 20.6. The number of nitrogens with zero attached hydrogens (tertiary/aromatic N) is 3. The Morgan fingerprint density at radius 2 is 2.00 bits per heavy atom. The molecule has 1 aromatic carbocycles. The van der Waals surface area contributed by atoms with E-state index >= 15 is 0 Å². The Morgan fingerprint density at radius 1 is 1.29 bits per heavy atom. The van der Waals surface area contributed by atoms with Gasteiger partial charge in [-0.15, -0.1) is 0 Å². The quantitative estimate of drug-likeness (QED) is 0.733. The molecule has 0 spiro atoms. The second-order valence-electron chi connectivity index (χ2n) is 8.19. The van der Waals surface area contributed by atoms with E-state index in [1.807, 2.05) is 25.4 Å². The first-order valence-corrected chi connectivity index (χ1v) is 10.2. The maximum absolute atomic E-state index is 13.0. The minimum absolute atomic E-state index is 0.114. The number of nitrogens with one attached hydrogen (secondary N) is 1. The van der Waals surface area contributed by atoms with E-state index in [2.05, 4.69) is 51.0 Å². The summed E-state index contributed by atoms with van der Waals surface area (Å²) in [6.07, 6.45) is 5.43. The highest BCUT2D eigenvalue weighted by Crippen LogP contribution is 2.31. The lowest BCUT2D eigenvalue weighted by Crippen LogP contribution is -2.53. The van der Waals surface area contributed by atoms with E-state index in [1.165, 1.54) is 5.56 Å². The summed E-state index contributed by atoms with van der Waals surface area (Å²) in [6, 6.07) is 10.5. The molecular formula is C22H33N5O. The van der Waals surface area contributed by atoms with E-state index < -0.39 is 5.41 Å². The predicted molar refractivity (Wildman–Crippen MR) is 112 cm³/mol. The number of aryl methyl sites for hydroxylation is 1. The molecule has 6 nitrogen and oxygen atoms in total. The van der Waals surface area contributed by atoms with Gasteiger partial charge in [0, 0.05) is 38.6 Å². The largest absolute Gasteiger partial charge is 0.355 e. The van der Waals surface area contributed by atoms with Crippen LogP contribution >= 0.6 is 0 Å².